The first kappa shape index (κ1) is 16.6. The molecule has 5 nitrogen and oxygen atoms in total. The van der Waals surface area contributed by atoms with E-state index in [4.69, 9.17) is 0 Å². The van der Waals surface area contributed by atoms with Crippen LogP contribution in [0.2, 0.25) is 0 Å². The molecule has 0 bridgehead atoms. The van der Waals surface area contributed by atoms with Gasteiger partial charge >= 0.3 is 6.03 Å². The molecular formula is C21H21N3O2. The average molecular weight is 347 g/mol. The summed E-state index contributed by atoms with van der Waals surface area (Å²) in [4.78, 5) is 23.7. The highest BCUT2D eigenvalue weighted by molar-refractivity contribution is 6.07. The summed E-state index contributed by atoms with van der Waals surface area (Å²) >= 11 is 0. The third-order valence-electron chi connectivity index (χ3n) is 6.08. The van der Waals surface area contributed by atoms with Crippen LogP contribution in [0.5, 0.6) is 0 Å². The van der Waals surface area contributed by atoms with Gasteiger partial charge in [-0.1, -0.05) is 24.3 Å². The van der Waals surface area contributed by atoms with Crippen LogP contribution in [-0.4, -0.2) is 17.5 Å². The second-order valence-electron chi connectivity index (χ2n) is 7.56. The van der Waals surface area contributed by atoms with Gasteiger partial charge in [0.2, 0.25) is 0 Å². The lowest BCUT2D eigenvalue weighted by Crippen LogP contribution is -2.51. The number of hydrogen-bond acceptors (Lipinski definition) is 3. The second-order valence-corrected chi connectivity index (χ2v) is 7.56. The number of benzene rings is 2. The van der Waals surface area contributed by atoms with Crippen LogP contribution in [-0.2, 0) is 4.79 Å². The number of nitriles is 1. The molecule has 1 saturated heterocycles. The zero-order chi connectivity index (χ0) is 18.3. The Labute approximate surface area is 152 Å². The third kappa shape index (κ3) is 2.62. The maximum atomic E-state index is 12.2. The molecule has 1 atom stereocenters. The van der Waals surface area contributed by atoms with Gasteiger partial charge in [-0.05, 0) is 72.9 Å². The Morgan fingerprint density at radius 2 is 1.85 bits per heavy atom. The predicted octanol–water partition coefficient (Wildman–Crippen LogP) is 3.58. The van der Waals surface area contributed by atoms with Crippen molar-refractivity contribution in [1.29, 1.82) is 5.26 Å². The first-order chi connectivity index (χ1) is 12.5. The maximum absolute atomic E-state index is 12.2. The molecule has 5 heteroatoms. The normalized spacial score (nSPS) is 28.5. The lowest BCUT2D eigenvalue weighted by Gasteiger charge is -2.37. The van der Waals surface area contributed by atoms with Crippen molar-refractivity contribution in [2.24, 2.45) is 5.92 Å². The number of rotatable bonds is 2. The van der Waals surface area contributed by atoms with Gasteiger partial charge < -0.3 is 5.32 Å². The highest BCUT2D eigenvalue weighted by Crippen LogP contribution is 2.43. The molecule has 2 aromatic carbocycles. The Bertz CT molecular complexity index is 938. The van der Waals surface area contributed by atoms with Crippen LogP contribution in [0.1, 0.15) is 49.7 Å². The molecule has 1 aliphatic heterocycles. The Hall–Kier alpha value is -2.87. The van der Waals surface area contributed by atoms with Gasteiger partial charge in [-0.2, -0.15) is 5.26 Å². The quantitative estimate of drug-likeness (QED) is 0.815. The van der Waals surface area contributed by atoms with E-state index in [9.17, 15) is 14.9 Å². The number of hydrogen-bond donors (Lipinski definition) is 2. The molecule has 2 N–H and O–H groups in total. The second kappa shape index (κ2) is 6.14. The van der Waals surface area contributed by atoms with Gasteiger partial charge in [-0.3, -0.25) is 10.1 Å². The van der Waals surface area contributed by atoms with Gasteiger partial charge in [0, 0.05) is 0 Å². The van der Waals surface area contributed by atoms with Crippen LogP contribution in [0.15, 0.2) is 36.4 Å². The average Bonchev–Trinajstić information content (AvgIpc) is 2.93. The van der Waals surface area contributed by atoms with Gasteiger partial charge in [0.15, 0.2) is 0 Å². The number of imide groups is 1. The summed E-state index contributed by atoms with van der Waals surface area (Å²) in [6, 6.07) is 14.0. The fraction of sp³-hybridized carbons (Fsp3) is 0.381. The third-order valence-corrected chi connectivity index (χ3v) is 6.08. The lowest BCUT2D eigenvalue weighted by atomic mass is 9.70. The van der Waals surface area contributed by atoms with E-state index in [1.807, 2.05) is 37.3 Å². The van der Waals surface area contributed by atoms with E-state index >= 15 is 0 Å². The number of nitrogens with one attached hydrogen (secondary N) is 2. The number of carbonyl (C=O) groups excluding carboxylic acids is 2. The van der Waals surface area contributed by atoms with Crippen molar-refractivity contribution in [1.82, 2.24) is 10.6 Å². The number of carbonyl (C=O) groups is 2. The largest absolute Gasteiger partial charge is 0.323 e. The zero-order valence-corrected chi connectivity index (χ0v) is 14.7. The molecule has 26 heavy (non-hydrogen) atoms. The standard InChI is InChI=1S/C21H21N3O2/c1-21(19(25)23-20(26)24-21)16-8-6-14(7-9-16)18-11-13(12-22)10-15-4-2-3-5-17(15)18/h2-5,10-11,14,16H,6-9H2,1H3,(H2,23,24,25,26). The predicted molar refractivity (Wildman–Crippen MR) is 98.4 cm³/mol. The minimum absolute atomic E-state index is 0.135. The molecule has 2 aromatic rings. The number of urea groups is 1. The number of nitrogens with zero attached hydrogens (tertiary/aromatic N) is 1. The molecule has 0 aromatic heterocycles. The van der Waals surface area contributed by atoms with Gasteiger partial charge in [0.1, 0.15) is 5.54 Å². The van der Waals surface area contributed by atoms with E-state index in [0.29, 0.717) is 11.5 Å². The van der Waals surface area contributed by atoms with Gasteiger partial charge in [0.25, 0.3) is 5.91 Å². The smallest absolute Gasteiger partial charge is 0.322 e. The van der Waals surface area contributed by atoms with Crippen LogP contribution in [0.3, 0.4) is 0 Å². The van der Waals surface area contributed by atoms with Gasteiger partial charge in [-0.15, -0.1) is 0 Å². The summed E-state index contributed by atoms with van der Waals surface area (Å²) < 4.78 is 0. The number of amides is 3. The molecule has 1 unspecified atom stereocenters. The highest BCUT2D eigenvalue weighted by atomic mass is 16.2. The minimum Gasteiger partial charge on any atom is -0.323 e. The summed E-state index contributed by atoms with van der Waals surface area (Å²) in [6.45, 7) is 1.82. The van der Waals surface area contributed by atoms with Crippen molar-refractivity contribution >= 4 is 22.7 Å². The monoisotopic (exact) mass is 347 g/mol. The first-order valence-electron chi connectivity index (χ1n) is 9.07. The molecule has 1 aliphatic carbocycles. The summed E-state index contributed by atoms with van der Waals surface area (Å²) in [5.74, 6) is 0.284. The van der Waals surface area contributed by atoms with Crippen molar-refractivity contribution in [3.05, 3.63) is 47.5 Å². The van der Waals surface area contributed by atoms with Crippen molar-refractivity contribution in [2.75, 3.05) is 0 Å². The van der Waals surface area contributed by atoms with Crippen LogP contribution in [0.25, 0.3) is 10.8 Å². The molecule has 4 rings (SSSR count). The molecule has 2 aliphatic rings. The summed E-state index contributed by atoms with van der Waals surface area (Å²) in [5.41, 5.74) is 1.11. The van der Waals surface area contributed by atoms with E-state index < -0.39 is 11.6 Å². The fourth-order valence-electron chi connectivity index (χ4n) is 4.57. The van der Waals surface area contributed by atoms with E-state index in [-0.39, 0.29) is 11.8 Å². The molecular weight excluding hydrogens is 326 g/mol. The van der Waals surface area contributed by atoms with Crippen LogP contribution in [0, 0.1) is 17.2 Å². The minimum atomic E-state index is -0.807. The van der Waals surface area contributed by atoms with E-state index in [1.165, 1.54) is 10.9 Å². The van der Waals surface area contributed by atoms with Crippen molar-refractivity contribution < 1.29 is 9.59 Å². The van der Waals surface area contributed by atoms with E-state index in [2.05, 4.69) is 22.8 Å². The van der Waals surface area contributed by atoms with Crippen LogP contribution in [0.4, 0.5) is 4.79 Å². The van der Waals surface area contributed by atoms with E-state index in [0.717, 1.165) is 31.1 Å². The molecule has 0 spiro atoms. The lowest BCUT2D eigenvalue weighted by molar-refractivity contribution is -0.125. The highest BCUT2D eigenvalue weighted by Gasteiger charge is 2.48. The molecule has 1 heterocycles. The maximum Gasteiger partial charge on any atom is 0.322 e. The molecule has 3 amide bonds. The topological polar surface area (TPSA) is 82.0 Å². The Morgan fingerprint density at radius 1 is 1.12 bits per heavy atom. The van der Waals surface area contributed by atoms with Crippen LogP contribution < -0.4 is 10.6 Å². The fourth-order valence-corrected chi connectivity index (χ4v) is 4.57. The molecule has 2 fully saturated rings. The Morgan fingerprint density at radius 3 is 2.50 bits per heavy atom. The number of fused-ring (bicyclic) bond motifs is 1. The molecule has 132 valence electrons. The van der Waals surface area contributed by atoms with Gasteiger partial charge in [-0.25, -0.2) is 4.79 Å². The van der Waals surface area contributed by atoms with Crippen molar-refractivity contribution in [2.45, 2.75) is 44.1 Å². The van der Waals surface area contributed by atoms with Crippen LogP contribution >= 0.6 is 0 Å². The Balaban J connectivity index is 1.59. The van der Waals surface area contributed by atoms with Crippen molar-refractivity contribution in [3.63, 3.8) is 0 Å². The SMILES string of the molecule is CC1(C2CCC(c3cc(C#N)cc4ccccc34)CC2)NC(=O)NC1=O. The first-order valence-corrected chi connectivity index (χ1v) is 9.07. The zero-order valence-electron chi connectivity index (χ0n) is 14.7. The summed E-state index contributed by atoms with van der Waals surface area (Å²) in [7, 11) is 0. The van der Waals surface area contributed by atoms with E-state index in [1.54, 1.807) is 0 Å². The van der Waals surface area contributed by atoms with Crippen molar-refractivity contribution in [3.8, 4) is 6.07 Å². The molecule has 1 saturated carbocycles. The van der Waals surface area contributed by atoms with Gasteiger partial charge in [0.05, 0.1) is 11.6 Å². The summed E-state index contributed by atoms with van der Waals surface area (Å²) in [5, 5.41) is 16.8. The summed E-state index contributed by atoms with van der Waals surface area (Å²) in [6.07, 6.45) is 3.64. The molecule has 0 radical (unpaired) electrons. The Kier molecular flexibility index (Phi) is 3.91.